The van der Waals surface area contributed by atoms with Crippen LogP contribution in [-0.2, 0) is 23.3 Å². The molecular weight excluding hydrogens is 408 g/mol. The van der Waals surface area contributed by atoms with E-state index < -0.39 is 9.84 Å². The molecule has 1 atom stereocenters. The molecular formula is C13H20Br2N2O2S. The Balaban J connectivity index is 2.11. The third-order valence-corrected chi connectivity index (χ3v) is 8.40. The molecule has 0 aromatic carbocycles. The first-order valence-electron chi connectivity index (χ1n) is 6.71. The summed E-state index contributed by atoms with van der Waals surface area (Å²) in [6, 6.07) is 0. The van der Waals surface area contributed by atoms with Crippen LogP contribution in [0.15, 0.2) is 12.4 Å². The van der Waals surface area contributed by atoms with Crippen molar-refractivity contribution in [2.24, 2.45) is 18.4 Å². The molecule has 114 valence electrons. The van der Waals surface area contributed by atoms with Gasteiger partial charge in [-0.2, -0.15) is 0 Å². The predicted molar refractivity (Wildman–Crippen MR) is 88.3 cm³/mol. The van der Waals surface area contributed by atoms with Crippen LogP contribution in [0.4, 0.5) is 0 Å². The van der Waals surface area contributed by atoms with Crippen LogP contribution in [0.2, 0.25) is 0 Å². The summed E-state index contributed by atoms with van der Waals surface area (Å²) in [6.45, 7) is 0. The summed E-state index contributed by atoms with van der Waals surface area (Å²) in [5.41, 5.74) is -0.0183. The SMILES string of the molecule is Cn1ccnc1CCC(CBr)(CBr)C1CCS(=O)(=O)C1. The van der Waals surface area contributed by atoms with Gasteiger partial charge >= 0.3 is 0 Å². The molecule has 2 heterocycles. The van der Waals surface area contributed by atoms with E-state index >= 15 is 0 Å². The van der Waals surface area contributed by atoms with E-state index in [2.05, 4.69) is 36.8 Å². The second-order valence-corrected chi connectivity index (χ2v) is 9.03. The minimum absolute atomic E-state index is 0.0183. The number of nitrogens with zero attached hydrogens (tertiary/aromatic N) is 2. The van der Waals surface area contributed by atoms with E-state index in [1.54, 1.807) is 6.20 Å². The molecule has 0 aliphatic carbocycles. The first kappa shape index (κ1) is 16.5. The standard InChI is InChI=1S/C13H20Br2N2O2S/c1-17-6-5-16-12(17)2-4-13(9-14,10-15)11-3-7-20(18,19)8-11/h5-6,11H,2-4,7-10H2,1H3. The Morgan fingerprint density at radius 1 is 1.45 bits per heavy atom. The van der Waals surface area contributed by atoms with Gasteiger partial charge in [0.1, 0.15) is 5.82 Å². The average Bonchev–Trinajstić information content (AvgIpc) is 2.98. The molecule has 1 aromatic rings. The number of hydrogen-bond acceptors (Lipinski definition) is 3. The zero-order valence-corrected chi connectivity index (χ0v) is 15.5. The summed E-state index contributed by atoms with van der Waals surface area (Å²) in [5.74, 6) is 1.94. The summed E-state index contributed by atoms with van der Waals surface area (Å²) in [7, 11) is -0.849. The van der Waals surface area contributed by atoms with Crippen LogP contribution >= 0.6 is 31.9 Å². The summed E-state index contributed by atoms with van der Waals surface area (Å²) >= 11 is 7.22. The zero-order chi connectivity index (χ0) is 14.8. The van der Waals surface area contributed by atoms with Crippen molar-refractivity contribution in [3.05, 3.63) is 18.2 Å². The first-order chi connectivity index (χ1) is 9.42. The number of aryl methyl sites for hydroxylation is 2. The van der Waals surface area contributed by atoms with E-state index in [0.717, 1.165) is 35.7 Å². The summed E-state index contributed by atoms with van der Waals surface area (Å²) in [4.78, 5) is 4.36. The van der Waals surface area contributed by atoms with Crippen LogP contribution in [0.25, 0.3) is 0 Å². The van der Waals surface area contributed by atoms with E-state index in [1.807, 2.05) is 17.8 Å². The van der Waals surface area contributed by atoms with Crippen LogP contribution in [0.1, 0.15) is 18.7 Å². The molecule has 4 nitrogen and oxygen atoms in total. The minimum atomic E-state index is -2.84. The maximum absolute atomic E-state index is 11.8. The van der Waals surface area contributed by atoms with Gasteiger partial charge in [0.25, 0.3) is 0 Å². The van der Waals surface area contributed by atoms with Gasteiger partial charge in [0.05, 0.1) is 11.5 Å². The van der Waals surface area contributed by atoms with Crippen molar-refractivity contribution in [2.45, 2.75) is 19.3 Å². The molecule has 1 aliphatic heterocycles. The molecule has 0 bridgehead atoms. The summed E-state index contributed by atoms with van der Waals surface area (Å²) in [5, 5.41) is 1.63. The van der Waals surface area contributed by atoms with Crippen molar-refractivity contribution in [3.63, 3.8) is 0 Å². The van der Waals surface area contributed by atoms with Crippen LogP contribution in [0, 0.1) is 11.3 Å². The number of sulfone groups is 1. The zero-order valence-electron chi connectivity index (χ0n) is 11.6. The highest BCUT2D eigenvalue weighted by Gasteiger charge is 2.43. The van der Waals surface area contributed by atoms with E-state index in [1.165, 1.54) is 0 Å². The lowest BCUT2D eigenvalue weighted by Gasteiger charge is -2.35. The number of imidazole rings is 1. The lowest BCUT2D eigenvalue weighted by atomic mass is 9.75. The molecule has 20 heavy (non-hydrogen) atoms. The van der Waals surface area contributed by atoms with E-state index in [9.17, 15) is 8.42 Å². The van der Waals surface area contributed by atoms with Gasteiger partial charge in [-0.3, -0.25) is 0 Å². The van der Waals surface area contributed by atoms with Gasteiger partial charge in [-0.25, -0.2) is 13.4 Å². The summed E-state index contributed by atoms with van der Waals surface area (Å²) < 4.78 is 25.5. The molecule has 0 saturated carbocycles. The highest BCUT2D eigenvalue weighted by atomic mass is 79.9. The van der Waals surface area contributed by atoms with Gasteiger partial charge in [0, 0.05) is 36.5 Å². The van der Waals surface area contributed by atoms with Crippen molar-refractivity contribution in [1.82, 2.24) is 9.55 Å². The van der Waals surface area contributed by atoms with E-state index in [-0.39, 0.29) is 11.3 Å². The molecule has 0 radical (unpaired) electrons. The number of aromatic nitrogens is 2. The highest BCUT2D eigenvalue weighted by molar-refractivity contribution is 9.09. The molecule has 1 fully saturated rings. The molecule has 1 aliphatic rings. The molecule has 1 aromatic heterocycles. The van der Waals surface area contributed by atoms with Gasteiger partial charge in [-0.15, -0.1) is 0 Å². The number of hydrogen-bond donors (Lipinski definition) is 0. The van der Waals surface area contributed by atoms with Gasteiger partial charge in [0.15, 0.2) is 9.84 Å². The van der Waals surface area contributed by atoms with Crippen LogP contribution in [-0.4, -0.2) is 40.1 Å². The third kappa shape index (κ3) is 3.47. The Kier molecular flexibility index (Phi) is 5.34. The van der Waals surface area contributed by atoms with Crippen LogP contribution in [0.3, 0.4) is 0 Å². The largest absolute Gasteiger partial charge is 0.338 e. The topological polar surface area (TPSA) is 52.0 Å². The quantitative estimate of drug-likeness (QED) is 0.655. The number of alkyl halides is 2. The van der Waals surface area contributed by atoms with Crippen LogP contribution < -0.4 is 0 Å². The Hall–Kier alpha value is 0.120. The molecule has 2 rings (SSSR count). The molecule has 1 saturated heterocycles. The second kappa shape index (κ2) is 6.48. The van der Waals surface area contributed by atoms with Crippen molar-refractivity contribution >= 4 is 41.7 Å². The van der Waals surface area contributed by atoms with Crippen molar-refractivity contribution < 1.29 is 8.42 Å². The fourth-order valence-electron chi connectivity index (χ4n) is 2.87. The maximum Gasteiger partial charge on any atom is 0.150 e. The average molecular weight is 428 g/mol. The monoisotopic (exact) mass is 426 g/mol. The lowest BCUT2D eigenvalue weighted by molar-refractivity contribution is 0.233. The molecule has 7 heteroatoms. The van der Waals surface area contributed by atoms with Crippen molar-refractivity contribution in [2.75, 3.05) is 22.2 Å². The second-order valence-electron chi connectivity index (χ2n) is 5.68. The smallest absolute Gasteiger partial charge is 0.150 e. The van der Waals surface area contributed by atoms with Gasteiger partial charge < -0.3 is 4.57 Å². The van der Waals surface area contributed by atoms with E-state index in [0.29, 0.717) is 11.5 Å². The molecule has 0 amide bonds. The Morgan fingerprint density at radius 2 is 2.15 bits per heavy atom. The van der Waals surface area contributed by atoms with Crippen molar-refractivity contribution in [3.8, 4) is 0 Å². The number of halogens is 2. The minimum Gasteiger partial charge on any atom is -0.338 e. The third-order valence-electron chi connectivity index (χ3n) is 4.40. The fraction of sp³-hybridized carbons (Fsp3) is 0.769. The summed E-state index contributed by atoms with van der Waals surface area (Å²) in [6.07, 6.45) is 6.34. The Labute approximate surface area is 137 Å². The molecule has 1 unspecified atom stereocenters. The van der Waals surface area contributed by atoms with Crippen LogP contribution in [0.5, 0.6) is 0 Å². The first-order valence-corrected chi connectivity index (χ1v) is 10.8. The Bertz CT molecular complexity index is 552. The molecule has 0 N–H and O–H groups in total. The molecule has 0 spiro atoms. The Morgan fingerprint density at radius 3 is 2.60 bits per heavy atom. The van der Waals surface area contributed by atoms with Gasteiger partial charge in [-0.1, -0.05) is 31.9 Å². The lowest BCUT2D eigenvalue weighted by Crippen LogP contribution is -2.36. The van der Waals surface area contributed by atoms with Gasteiger partial charge in [-0.05, 0) is 24.2 Å². The van der Waals surface area contributed by atoms with Gasteiger partial charge in [0.2, 0.25) is 0 Å². The van der Waals surface area contributed by atoms with Crippen molar-refractivity contribution in [1.29, 1.82) is 0 Å². The predicted octanol–water partition coefficient (Wildman–Crippen LogP) is 2.56. The normalized spacial score (nSPS) is 22.2. The number of rotatable bonds is 6. The van der Waals surface area contributed by atoms with E-state index in [4.69, 9.17) is 0 Å². The maximum atomic E-state index is 11.8. The highest BCUT2D eigenvalue weighted by Crippen LogP contribution is 2.42. The fourth-order valence-corrected chi connectivity index (χ4v) is 7.22.